The molecule has 0 spiro atoms. The molecule has 1 amide bonds. The molecule has 40 heavy (non-hydrogen) atoms. The van der Waals surface area contributed by atoms with E-state index >= 15 is 0 Å². The standard InChI is InChI=1S/C33H37FN2O4/c1-22-5-7-23(8-6-22)4-3-16-38-18-19-39-17-15-36-29-21-30-28(20-27(29)24-9-10-24)31(33(37)35-2)32(40-30)25-11-13-26(34)14-12-25/h5-8,11-14,20-21,24,36H,3-4,9-10,15-19H2,1-2H3,(H,35,37). The highest BCUT2D eigenvalue weighted by Gasteiger charge is 2.29. The molecule has 210 valence electrons. The van der Waals surface area contributed by atoms with Gasteiger partial charge in [0, 0.05) is 42.9 Å². The normalized spacial score (nSPS) is 13.1. The summed E-state index contributed by atoms with van der Waals surface area (Å²) < 4.78 is 31.2. The van der Waals surface area contributed by atoms with Crippen LogP contribution in [0.1, 0.15) is 52.2 Å². The molecule has 5 rings (SSSR count). The van der Waals surface area contributed by atoms with Crippen molar-refractivity contribution in [1.29, 1.82) is 0 Å². The van der Waals surface area contributed by atoms with Crippen molar-refractivity contribution in [2.45, 2.75) is 38.5 Å². The molecule has 1 saturated carbocycles. The van der Waals surface area contributed by atoms with Crippen LogP contribution in [-0.2, 0) is 15.9 Å². The van der Waals surface area contributed by atoms with Gasteiger partial charge in [-0.2, -0.15) is 0 Å². The SMILES string of the molecule is CNC(=O)c1c(-c2ccc(F)cc2)oc2cc(NCCOCCOCCCc3ccc(C)cc3)c(C3CC3)cc12. The van der Waals surface area contributed by atoms with Crippen molar-refractivity contribution in [3.8, 4) is 11.3 Å². The highest BCUT2D eigenvalue weighted by Crippen LogP contribution is 2.46. The summed E-state index contributed by atoms with van der Waals surface area (Å²) >= 11 is 0. The minimum Gasteiger partial charge on any atom is -0.455 e. The van der Waals surface area contributed by atoms with Crippen LogP contribution in [0.4, 0.5) is 10.1 Å². The zero-order valence-corrected chi connectivity index (χ0v) is 23.2. The summed E-state index contributed by atoms with van der Waals surface area (Å²) in [5.74, 6) is 0.334. The summed E-state index contributed by atoms with van der Waals surface area (Å²) in [5.41, 5.74) is 6.54. The highest BCUT2D eigenvalue weighted by atomic mass is 19.1. The maximum atomic E-state index is 13.5. The summed E-state index contributed by atoms with van der Waals surface area (Å²) in [5, 5.41) is 6.99. The van der Waals surface area contributed by atoms with Gasteiger partial charge in [0.05, 0.1) is 25.4 Å². The first-order chi connectivity index (χ1) is 19.5. The largest absolute Gasteiger partial charge is 0.455 e. The van der Waals surface area contributed by atoms with E-state index in [1.165, 1.54) is 28.8 Å². The first-order valence-electron chi connectivity index (χ1n) is 14.1. The molecule has 1 heterocycles. The third kappa shape index (κ3) is 6.90. The van der Waals surface area contributed by atoms with Crippen LogP contribution in [0.3, 0.4) is 0 Å². The number of hydrogen-bond acceptors (Lipinski definition) is 5. The Bertz CT molecular complexity index is 1430. The summed E-state index contributed by atoms with van der Waals surface area (Å²) in [4.78, 5) is 12.9. The predicted octanol–water partition coefficient (Wildman–Crippen LogP) is 6.86. The number of anilines is 1. The fraction of sp³-hybridized carbons (Fsp3) is 0.364. The number of amides is 1. The first kappa shape index (κ1) is 27.9. The Morgan fingerprint density at radius 1 is 0.975 bits per heavy atom. The molecule has 4 aromatic rings. The van der Waals surface area contributed by atoms with Crippen LogP contribution in [0, 0.1) is 12.7 Å². The predicted molar refractivity (Wildman–Crippen MR) is 157 cm³/mol. The molecule has 1 aromatic heterocycles. The van der Waals surface area contributed by atoms with E-state index < -0.39 is 0 Å². The average molecular weight is 545 g/mol. The lowest BCUT2D eigenvalue weighted by Crippen LogP contribution is -2.18. The Hall–Kier alpha value is -3.68. The molecule has 0 aliphatic heterocycles. The van der Waals surface area contributed by atoms with Gasteiger partial charge in [-0.3, -0.25) is 4.79 Å². The van der Waals surface area contributed by atoms with Gasteiger partial charge in [-0.1, -0.05) is 29.8 Å². The van der Waals surface area contributed by atoms with Gasteiger partial charge in [0.1, 0.15) is 17.2 Å². The lowest BCUT2D eigenvalue weighted by atomic mass is 10.0. The summed E-state index contributed by atoms with van der Waals surface area (Å²) in [6.45, 7) is 5.15. The maximum Gasteiger partial charge on any atom is 0.255 e. The fourth-order valence-corrected chi connectivity index (χ4v) is 4.91. The maximum absolute atomic E-state index is 13.5. The second-order valence-electron chi connectivity index (χ2n) is 10.3. The Kier molecular flexibility index (Phi) is 9.14. The van der Waals surface area contributed by atoms with Crippen LogP contribution in [0.2, 0.25) is 0 Å². The lowest BCUT2D eigenvalue weighted by Gasteiger charge is -2.13. The smallest absolute Gasteiger partial charge is 0.255 e. The minimum absolute atomic E-state index is 0.230. The van der Waals surface area contributed by atoms with Crippen molar-refractivity contribution in [1.82, 2.24) is 5.32 Å². The first-order valence-corrected chi connectivity index (χ1v) is 14.1. The van der Waals surface area contributed by atoms with Gasteiger partial charge < -0.3 is 24.5 Å². The topological polar surface area (TPSA) is 72.7 Å². The van der Waals surface area contributed by atoms with Crippen molar-refractivity contribution in [2.24, 2.45) is 0 Å². The number of fused-ring (bicyclic) bond motifs is 1. The van der Waals surface area contributed by atoms with Crippen LogP contribution in [0.5, 0.6) is 0 Å². The molecule has 0 bridgehead atoms. The van der Waals surface area contributed by atoms with Gasteiger partial charge in [0.25, 0.3) is 5.91 Å². The number of ether oxygens (including phenoxy) is 2. The molecule has 3 aromatic carbocycles. The van der Waals surface area contributed by atoms with Crippen LogP contribution >= 0.6 is 0 Å². The minimum atomic E-state index is -0.337. The van der Waals surface area contributed by atoms with E-state index in [1.807, 2.05) is 6.07 Å². The zero-order chi connectivity index (χ0) is 27.9. The Morgan fingerprint density at radius 3 is 2.40 bits per heavy atom. The molecule has 6 nitrogen and oxygen atoms in total. The number of hydrogen-bond donors (Lipinski definition) is 2. The molecule has 0 unspecified atom stereocenters. The van der Waals surface area contributed by atoms with Crippen LogP contribution in [0.15, 0.2) is 65.1 Å². The van der Waals surface area contributed by atoms with E-state index in [0.29, 0.717) is 54.8 Å². The summed E-state index contributed by atoms with van der Waals surface area (Å²) in [6, 6.07) is 18.7. The van der Waals surface area contributed by atoms with Crippen LogP contribution < -0.4 is 10.6 Å². The Morgan fingerprint density at radius 2 is 1.70 bits per heavy atom. The Labute approximate surface area is 234 Å². The second-order valence-corrected chi connectivity index (χ2v) is 10.3. The Balaban J connectivity index is 1.15. The zero-order valence-electron chi connectivity index (χ0n) is 23.2. The number of carbonyl (C=O) groups excluding carboxylic acids is 1. The van der Waals surface area contributed by atoms with Gasteiger partial charge in [0.2, 0.25) is 0 Å². The quantitative estimate of drug-likeness (QED) is 0.170. The van der Waals surface area contributed by atoms with Gasteiger partial charge in [0.15, 0.2) is 0 Å². The van der Waals surface area contributed by atoms with Gasteiger partial charge >= 0.3 is 0 Å². The number of benzene rings is 3. The van der Waals surface area contributed by atoms with E-state index in [4.69, 9.17) is 13.9 Å². The second kappa shape index (κ2) is 13.1. The number of aryl methyl sites for hydroxylation is 2. The summed E-state index contributed by atoms with van der Waals surface area (Å²) in [6.07, 6.45) is 4.25. The van der Waals surface area contributed by atoms with E-state index in [2.05, 4.69) is 47.9 Å². The van der Waals surface area contributed by atoms with Crippen LogP contribution in [-0.4, -0.2) is 45.9 Å². The van der Waals surface area contributed by atoms with E-state index in [9.17, 15) is 9.18 Å². The van der Waals surface area contributed by atoms with Crippen molar-refractivity contribution >= 4 is 22.6 Å². The monoisotopic (exact) mass is 544 g/mol. The molecule has 1 aliphatic rings. The van der Waals surface area contributed by atoms with Gasteiger partial charge in [-0.15, -0.1) is 0 Å². The van der Waals surface area contributed by atoms with E-state index in [0.717, 1.165) is 43.4 Å². The number of rotatable bonds is 14. The van der Waals surface area contributed by atoms with Crippen molar-refractivity contribution in [3.05, 3.63) is 88.7 Å². The number of carbonyl (C=O) groups is 1. The van der Waals surface area contributed by atoms with Crippen molar-refractivity contribution < 1.29 is 23.1 Å². The molecule has 0 saturated heterocycles. The molecule has 0 radical (unpaired) electrons. The molecular weight excluding hydrogens is 507 g/mol. The molecule has 7 heteroatoms. The van der Waals surface area contributed by atoms with Crippen molar-refractivity contribution in [3.63, 3.8) is 0 Å². The highest BCUT2D eigenvalue weighted by molar-refractivity contribution is 6.11. The van der Waals surface area contributed by atoms with Gasteiger partial charge in [-0.05, 0) is 80.0 Å². The average Bonchev–Trinajstić information content (AvgIpc) is 3.75. The third-order valence-corrected chi connectivity index (χ3v) is 7.25. The molecule has 0 atom stereocenters. The van der Waals surface area contributed by atoms with Crippen LogP contribution in [0.25, 0.3) is 22.3 Å². The third-order valence-electron chi connectivity index (χ3n) is 7.25. The fourth-order valence-electron chi connectivity index (χ4n) is 4.91. The molecule has 2 N–H and O–H groups in total. The molecule has 1 aliphatic carbocycles. The number of halogens is 1. The van der Waals surface area contributed by atoms with Crippen molar-refractivity contribution in [2.75, 3.05) is 45.3 Å². The summed E-state index contributed by atoms with van der Waals surface area (Å²) in [7, 11) is 1.60. The van der Waals surface area contributed by atoms with Gasteiger partial charge in [-0.25, -0.2) is 4.39 Å². The van der Waals surface area contributed by atoms with E-state index in [1.54, 1.807) is 19.2 Å². The number of furan rings is 1. The molecular formula is C33H37FN2O4. The van der Waals surface area contributed by atoms with E-state index in [-0.39, 0.29) is 11.7 Å². The molecule has 1 fully saturated rings. The number of nitrogens with one attached hydrogen (secondary N) is 2. The lowest BCUT2D eigenvalue weighted by molar-refractivity contribution is 0.0508.